The van der Waals surface area contributed by atoms with Crippen molar-refractivity contribution in [3.63, 3.8) is 0 Å². The third-order valence-electron chi connectivity index (χ3n) is 7.41. The first-order chi connectivity index (χ1) is 22.0. The molecule has 1 aliphatic rings. The van der Waals surface area contributed by atoms with Crippen LogP contribution in [0.3, 0.4) is 0 Å². The number of hydrogen-bond donors (Lipinski definition) is 3. The zero-order valence-electron chi connectivity index (χ0n) is 25.3. The number of ketones is 1. The molecule has 0 radical (unpaired) electrons. The van der Waals surface area contributed by atoms with Crippen molar-refractivity contribution >= 4 is 50.7 Å². The van der Waals surface area contributed by atoms with E-state index < -0.39 is 33.9 Å². The Hall–Kier alpha value is -5.49. The molecule has 3 N–H and O–H groups in total. The largest absolute Gasteiger partial charge is 0.363 e. The van der Waals surface area contributed by atoms with Crippen molar-refractivity contribution in [2.45, 2.75) is 19.5 Å². The van der Waals surface area contributed by atoms with Crippen LogP contribution in [0.25, 0.3) is 0 Å². The molecule has 1 unspecified atom stereocenters. The molecular weight excluding hydrogens is 606 g/mol. The molecule has 0 bridgehead atoms. The fourth-order valence-corrected chi connectivity index (χ4v) is 5.75. The number of hydrogen-bond acceptors (Lipinski definition) is 7. The zero-order valence-corrected chi connectivity index (χ0v) is 26.1. The maximum absolute atomic E-state index is 14.2. The van der Waals surface area contributed by atoms with E-state index >= 15 is 0 Å². The van der Waals surface area contributed by atoms with E-state index in [4.69, 9.17) is 0 Å². The van der Waals surface area contributed by atoms with Gasteiger partial charge in [0.1, 0.15) is 6.04 Å². The molecule has 46 heavy (non-hydrogen) atoms. The van der Waals surface area contributed by atoms with Gasteiger partial charge in [0.2, 0.25) is 10.0 Å². The molecule has 0 saturated heterocycles. The Morgan fingerprint density at radius 2 is 1.52 bits per heavy atom. The number of benzene rings is 4. The number of rotatable bonds is 9. The first-order valence-electron chi connectivity index (χ1n) is 14.5. The topological polar surface area (TPSA) is 145 Å². The molecule has 4 aromatic carbocycles. The summed E-state index contributed by atoms with van der Waals surface area (Å²) in [4.78, 5) is 56.8. The maximum atomic E-state index is 14.2. The fourth-order valence-electron chi connectivity index (χ4n) is 5.29. The van der Waals surface area contributed by atoms with E-state index in [0.717, 1.165) is 23.1 Å². The van der Waals surface area contributed by atoms with E-state index in [1.54, 1.807) is 24.3 Å². The number of sulfonamides is 1. The Balaban J connectivity index is 1.44. The number of para-hydroxylation sites is 2. The monoisotopic (exact) mass is 639 g/mol. The standard InChI is InChI=1S/C34H33N5O6S/c1-23-11-6-7-16-27(23)31(40)22-39-30-18-9-8-17-29(30)38(20-24-12-4-3-5-13-24)21-28(33(39)42)36-34(43)35-26-15-10-14-25(19-26)32(41)37-46(2,44)45/h3-19,28H,20-22H2,1-2H3,(H,37,41)(H2,35,36,43). The maximum Gasteiger partial charge on any atom is 0.319 e. The summed E-state index contributed by atoms with van der Waals surface area (Å²) in [5.74, 6) is -1.57. The number of fused-ring (bicyclic) bond motifs is 1. The Kier molecular flexibility index (Phi) is 9.47. The van der Waals surface area contributed by atoms with Gasteiger partial charge in [-0.2, -0.15) is 0 Å². The normalized spacial score (nSPS) is 14.6. The van der Waals surface area contributed by atoms with Gasteiger partial charge in [0.25, 0.3) is 11.8 Å². The van der Waals surface area contributed by atoms with Crippen LogP contribution in [0, 0.1) is 6.92 Å². The molecule has 0 aliphatic carbocycles. The highest BCUT2D eigenvalue weighted by Crippen LogP contribution is 2.34. The lowest BCUT2D eigenvalue weighted by molar-refractivity contribution is -0.120. The van der Waals surface area contributed by atoms with Gasteiger partial charge in [0, 0.05) is 29.9 Å². The van der Waals surface area contributed by atoms with Gasteiger partial charge in [-0.3, -0.25) is 14.4 Å². The number of carbonyl (C=O) groups is 4. The van der Waals surface area contributed by atoms with Gasteiger partial charge in [-0.05, 0) is 48.4 Å². The third kappa shape index (κ3) is 7.77. The van der Waals surface area contributed by atoms with E-state index in [2.05, 4.69) is 10.6 Å². The molecule has 0 saturated carbocycles. The van der Waals surface area contributed by atoms with E-state index in [1.807, 2.05) is 71.1 Å². The van der Waals surface area contributed by atoms with E-state index in [9.17, 15) is 27.6 Å². The van der Waals surface area contributed by atoms with Crippen molar-refractivity contribution in [3.05, 3.63) is 125 Å². The Morgan fingerprint density at radius 1 is 0.848 bits per heavy atom. The Bertz CT molecular complexity index is 1900. The zero-order chi connectivity index (χ0) is 32.8. The average molecular weight is 640 g/mol. The number of Topliss-reactive ketones (excluding diaryl/α,β-unsaturated/α-hetero) is 1. The number of nitrogens with zero attached hydrogens (tertiary/aromatic N) is 2. The van der Waals surface area contributed by atoms with Gasteiger partial charge in [-0.15, -0.1) is 0 Å². The third-order valence-corrected chi connectivity index (χ3v) is 7.97. The lowest BCUT2D eigenvalue weighted by Crippen LogP contribution is -2.53. The second-order valence-electron chi connectivity index (χ2n) is 11.0. The van der Waals surface area contributed by atoms with Crippen molar-refractivity contribution in [1.82, 2.24) is 10.0 Å². The summed E-state index contributed by atoms with van der Waals surface area (Å²) in [5.41, 5.74) is 3.76. The number of aryl methyl sites for hydroxylation is 1. The highest BCUT2D eigenvalue weighted by Gasteiger charge is 2.36. The van der Waals surface area contributed by atoms with E-state index in [1.165, 1.54) is 29.2 Å². The number of urea groups is 1. The van der Waals surface area contributed by atoms with Crippen molar-refractivity contribution in [2.75, 3.05) is 34.5 Å². The predicted molar refractivity (Wildman–Crippen MR) is 176 cm³/mol. The molecule has 0 aromatic heterocycles. The van der Waals surface area contributed by atoms with Crippen LogP contribution in [0.15, 0.2) is 103 Å². The first kappa shape index (κ1) is 31.9. The summed E-state index contributed by atoms with van der Waals surface area (Å²) in [7, 11) is -3.79. The van der Waals surface area contributed by atoms with Crippen LogP contribution in [0.5, 0.6) is 0 Å². The molecule has 1 aliphatic heterocycles. The van der Waals surface area contributed by atoms with Crippen molar-refractivity contribution in [2.24, 2.45) is 0 Å². The minimum atomic E-state index is -3.79. The van der Waals surface area contributed by atoms with Crippen LogP contribution in [0.1, 0.15) is 31.8 Å². The predicted octanol–water partition coefficient (Wildman–Crippen LogP) is 4.11. The van der Waals surface area contributed by atoms with Crippen LogP contribution in [-0.4, -0.2) is 57.4 Å². The van der Waals surface area contributed by atoms with E-state index in [0.29, 0.717) is 17.8 Å². The quantitative estimate of drug-likeness (QED) is 0.234. The molecule has 12 heteroatoms. The molecule has 0 fully saturated rings. The molecular formula is C34H33N5O6S. The van der Waals surface area contributed by atoms with E-state index in [-0.39, 0.29) is 30.1 Å². The lowest BCUT2D eigenvalue weighted by atomic mass is 10.0. The second kappa shape index (κ2) is 13.7. The van der Waals surface area contributed by atoms with Gasteiger partial charge in [0.05, 0.1) is 24.2 Å². The van der Waals surface area contributed by atoms with Crippen LogP contribution < -0.4 is 25.2 Å². The SMILES string of the molecule is Cc1ccccc1C(=O)CN1C(=O)C(NC(=O)Nc2cccc(C(=O)NS(C)(=O)=O)c2)CN(Cc2ccccc2)c2ccccc21. The van der Waals surface area contributed by atoms with Crippen LogP contribution in [-0.2, 0) is 21.4 Å². The van der Waals surface area contributed by atoms with Gasteiger partial charge in [-0.25, -0.2) is 17.9 Å². The molecule has 1 heterocycles. The van der Waals surface area contributed by atoms with Crippen molar-refractivity contribution in [3.8, 4) is 0 Å². The summed E-state index contributed by atoms with van der Waals surface area (Å²) < 4.78 is 24.9. The highest BCUT2D eigenvalue weighted by atomic mass is 32.2. The number of anilines is 3. The molecule has 4 aromatic rings. The van der Waals surface area contributed by atoms with Crippen molar-refractivity contribution < 1.29 is 27.6 Å². The summed E-state index contributed by atoms with van der Waals surface area (Å²) in [5, 5.41) is 5.39. The molecule has 0 spiro atoms. The highest BCUT2D eigenvalue weighted by molar-refractivity contribution is 7.89. The fraction of sp³-hybridized carbons (Fsp3) is 0.176. The number of nitrogens with one attached hydrogen (secondary N) is 3. The summed E-state index contributed by atoms with van der Waals surface area (Å²) in [6.07, 6.45) is 0.863. The smallest absolute Gasteiger partial charge is 0.319 e. The van der Waals surface area contributed by atoms with Gasteiger partial charge >= 0.3 is 6.03 Å². The molecule has 4 amide bonds. The van der Waals surface area contributed by atoms with Gasteiger partial charge in [0.15, 0.2) is 5.78 Å². The van der Waals surface area contributed by atoms with Gasteiger partial charge in [-0.1, -0.05) is 72.8 Å². The second-order valence-corrected chi connectivity index (χ2v) is 12.7. The lowest BCUT2D eigenvalue weighted by Gasteiger charge is -2.27. The molecule has 11 nitrogen and oxygen atoms in total. The van der Waals surface area contributed by atoms with Gasteiger partial charge < -0.3 is 20.4 Å². The van der Waals surface area contributed by atoms with Crippen LogP contribution in [0.4, 0.5) is 21.9 Å². The minimum Gasteiger partial charge on any atom is -0.363 e. The number of amides is 4. The Morgan fingerprint density at radius 3 is 2.24 bits per heavy atom. The Labute approximate surface area is 267 Å². The summed E-state index contributed by atoms with van der Waals surface area (Å²) >= 11 is 0. The molecule has 5 rings (SSSR count). The summed E-state index contributed by atoms with van der Waals surface area (Å²) in [6, 6.07) is 28.1. The van der Waals surface area contributed by atoms with Crippen LogP contribution >= 0.6 is 0 Å². The number of carbonyl (C=O) groups excluding carboxylic acids is 4. The molecule has 1 atom stereocenters. The first-order valence-corrected chi connectivity index (χ1v) is 16.4. The minimum absolute atomic E-state index is 0.0131. The average Bonchev–Trinajstić information content (AvgIpc) is 3.12. The summed E-state index contributed by atoms with van der Waals surface area (Å²) in [6.45, 7) is 2.13. The molecule has 236 valence electrons. The van der Waals surface area contributed by atoms with Crippen LogP contribution in [0.2, 0.25) is 0 Å². The van der Waals surface area contributed by atoms with Crippen molar-refractivity contribution in [1.29, 1.82) is 0 Å².